The molecule has 0 bridgehead atoms. The van der Waals surface area contributed by atoms with E-state index in [9.17, 15) is 0 Å². The molecule has 4 nitrogen and oxygen atoms in total. The van der Waals surface area contributed by atoms with Crippen molar-refractivity contribution in [3.05, 3.63) is 29.3 Å². The fraction of sp³-hybridized carbons (Fsp3) is 0.500. The molecule has 18 heavy (non-hydrogen) atoms. The maximum atomic E-state index is 9.06. The highest BCUT2D eigenvalue weighted by Crippen LogP contribution is 2.19. The summed E-state index contributed by atoms with van der Waals surface area (Å²) >= 11 is 0. The molecule has 0 fully saturated rings. The number of hydrogen-bond donors (Lipinski definition) is 2. The minimum atomic E-state index is 0.171. The van der Waals surface area contributed by atoms with Gasteiger partial charge in [-0.05, 0) is 30.5 Å². The molecule has 2 unspecified atom stereocenters. The number of benzene rings is 1. The molecular weight excluding hydrogens is 228 g/mol. The quantitative estimate of drug-likeness (QED) is 0.803. The van der Waals surface area contributed by atoms with E-state index in [2.05, 4.69) is 11.4 Å². The molecule has 1 aromatic carbocycles. The van der Waals surface area contributed by atoms with Gasteiger partial charge in [0.1, 0.15) is 11.8 Å². The fourth-order valence-electron chi connectivity index (χ4n) is 1.58. The summed E-state index contributed by atoms with van der Waals surface area (Å²) in [5, 5.41) is 21.3. The summed E-state index contributed by atoms with van der Waals surface area (Å²) in [5.74, 6) is 0.810. The van der Waals surface area contributed by atoms with E-state index in [4.69, 9.17) is 15.1 Å². The molecule has 0 aliphatic heterocycles. The summed E-state index contributed by atoms with van der Waals surface area (Å²) in [6, 6.07) is 7.85. The zero-order valence-corrected chi connectivity index (χ0v) is 11.1. The summed E-state index contributed by atoms with van der Waals surface area (Å²) in [6.45, 7) is 4.90. The molecule has 98 valence electrons. The predicted octanol–water partition coefficient (Wildman–Crippen LogP) is 1.67. The Hall–Kier alpha value is -1.57. The highest BCUT2D eigenvalue weighted by atomic mass is 16.5. The minimum absolute atomic E-state index is 0.171. The molecule has 1 rings (SSSR count). The predicted molar refractivity (Wildman–Crippen MR) is 70.3 cm³/mol. The maximum absolute atomic E-state index is 9.06. The second-order valence-electron chi connectivity index (χ2n) is 4.48. The highest BCUT2D eigenvalue weighted by Gasteiger charge is 2.10. The van der Waals surface area contributed by atoms with Gasteiger partial charge in [-0.1, -0.05) is 13.0 Å². The van der Waals surface area contributed by atoms with Crippen LogP contribution in [0.15, 0.2) is 18.2 Å². The summed E-state index contributed by atoms with van der Waals surface area (Å²) in [4.78, 5) is 0. The first-order valence-corrected chi connectivity index (χ1v) is 6.03. The summed E-state index contributed by atoms with van der Waals surface area (Å²) < 4.78 is 5.16. The van der Waals surface area contributed by atoms with Gasteiger partial charge in [-0.25, -0.2) is 0 Å². The van der Waals surface area contributed by atoms with Crippen LogP contribution in [-0.4, -0.2) is 24.9 Å². The number of hydrogen-bond acceptors (Lipinski definition) is 4. The molecule has 4 heteroatoms. The van der Waals surface area contributed by atoms with Crippen LogP contribution in [0.2, 0.25) is 0 Å². The molecule has 0 heterocycles. The van der Waals surface area contributed by atoms with Gasteiger partial charge >= 0.3 is 0 Å². The smallest absolute Gasteiger partial charge is 0.136 e. The van der Waals surface area contributed by atoms with Gasteiger partial charge in [-0.2, -0.15) is 5.26 Å². The largest absolute Gasteiger partial charge is 0.495 e. The van der Waals surface area contributed by atoms with E-state index in [0.29, 0.717) is 17.9 Å². The topological polar surface area (TPSA) is 65.3 Å². The van der Waals surface area contributed by atoms with Gasteiger partial charge in [0, 0.05) is 19.2 Å². The first kappa shape index (κ1) is 14.5. The SMILES string of the molecule is COc1cc(CNC(C)C(C)CO)ccc1C#N. The lowest BCUT2D eigenvalue weighted by molar-refractivity contribution is 0.207. The Labute approximate surface area is 108 Å². The van der Waals surface area contributed by atoms with Crippen molar-refractivity contribution in [1.29, 1.82) is 5.26 Å². The number of nitrogens with zero attached hydrogens (tertiary/aromatic N) is 1. The normalized spacial score (nSPS) is 13.7. The Morgan fingerprint density at radius 1 is 1.44 bits per heavy atom. The van der Waals surface area contributed by atoms with E-state index >= 15 is 0 Å². The Kier molecular flexibility index (Phi) is 5.63. The van der Waals surface area contributed by atoms with Crippen molar-refractivity contribution >= 4 is 0 Å². The fourth-order valence-corrected chi connectivity index (χ4v) is 1.58. The molecular formula is C14H20N2O2. The van der Waals surface area contributed by atoms with E-state index in [-0.39, 0.29) is 18.6 Å². The van der Waals surface area contributed by atoms with Crippen LogP contribution >= 0.6 is 0 Å². The zero-order valence-electron chi connectivity index (χ0n) is 11.1. The van der Waals surface area contributed by atoms with Crippen molar-refractivity contribution in [2.24, 2.45) is 5.92 Å². The van der Waals surface area contributed by atoms with Crippen LogP contribution in [0.5, 0.6) is 5.75 Å². The van der Waals surface area contributed by atoms with E-state index in [0.717, 1.165) is 5.56 Å². The van der Waals surface area contributed by atoms with E-state index < -0.39 is 0 Å². The molecule has 0 aromatic heterocycles. The number of ether oxygens (including phenoxy) is 1. The molecule has 0 amide bonds. The Bertz CT molecular complexity index is 426. The third-order valence-corrected chi connectivity index (χ3v) is 3.16. The molecule has 0 radical (unpaired) electrons. The zero-order chi connectivity index (χ0) is 13.5. The first-order chi connectivity index (χ1) is 8.62. The highest BCUT2D eigenvalue weighted by molar-refractivity contribution is 5.45. The molecule has 0 aliphatic rings. The monoisotopic (exact) mass is 248 g/mol. The lowest BCUT2D eigenvalue weighted by Gasteiger charge is -2.19. The number of nitriles is 1. The second kappa shape index (κ2) is 7.00. The first-order valence-electron chi connectivity index (χ1n) is 6.03. The van der Waals surface area contributed by atoms with Gasteiger partial charge in [0.25, 0.3) is 0 Å². The van der Waals surface area contributed by atoms with E-state index in [1.165, 1.54) is 0 Å². The number of aliphatic hydroxyl groups is 1. The molecule has 1 aromatic rings. The number of nitrogens with one attached hydrogen (secondary N) is 1. The third kappa shape index (κ3) is 3.73. The van der Waals surface area contributed by atoms with Crippen LogP contribution in [-0.2, 0) is 6.54 Å². The van der Waals surface area contributed by atoms with Gasteiger partial charge < -0.3 is 15.2 Å². The van der Waals surface area contributed by atoms with Gasteiger partial charge in [0.15, 0.2) is 0 Å². The number of methoxy groups -OCH3 is 1. The summed E-state index contributed by atoms with van der Waals surface area (Å²) in [7, 11) is 1.56. The van der Waals surface area contributed by atoms with Crippen molar-refractivity contribution in [1.82, 2.24) is 5.32 Å². The van der Waals surface area contributed by atoms with Crippen molar-refractivity contribution in [3.8, 4) is 11.8 Å². The molecule has 2 atom stereocenters. The Morgan fingerprint density at radius 3 is 2.72 bits per heavy atom. The average Bonchev–Trinajstić information content (AvgIpc) is 2.43. The van der Waals surface area contributed by atoms with Gasteiger partial charge in [-0.3, -0.25) is 0 Å². The molecule has 0 saturated carbocycles. The van der Waals surface area contributed by atoms with E-state index in [1.807, 2.05) is 26.0 Å². The standard InChI is InChI=1S/C14H20N2O2/c1-10(9-17)11(2)16-8-12-4-5-13(7-15)14(6-12)18-3/h4-6,10-11,16-17H,8-9H2,1-3H3. The minimum Gasteiger partial charge on any atom is -0.495 e. The van der Waals surface area contributed by atoms with Gasteiger partial charge in [0.05, 0.1) is 12.7 Å². The van der Waals surface area contributed by atoms with Crippen LogP contribution in [0.25, 0.3) is 0 Å². The van der Waals surface area contributed by atoms with E-state index in [1.54, 1.807) is 13.2 Å². The van der Waals surface area contributed by atoms with Crippen molar-refractivity contribution < 1.29 is 9.84 Å². The molecule has 0 saturated heterocycles. The molecule has 2 N–H and O–H groups in total. The Morgan fingerprint density at radius 2 is 2.17 bits per heavy atom. The van der Waals surface area contributed by atoms with Crippen molar-refractivity contribution in [3.63, 3.8) is 0 Å². The molecule has 0 aliphatic carbocycles. The van der Waals surface area contributed by atoms with Gasteiger partial charge in [0.2, 0.25) is 0 Å². The Balaban J connectivity index is 2.66. The summed E-state index contributed by atoms with van der Waals surface area (Å²) in [6.07, 6.45) is 0. The number of rotatable bonds is 6. The van der Waals surface area contributed by atoms with Crippen molar-refractivity contribution in [2.75, 3.05) is 13.7 Å². The third-order valence-electron chi connectivity index (χ3n) is 3.16. The van der Waals surface area contributed by atoms with Crippen LogP contribution < -0.4 is 10.1 Å². The summed E-state index contributed by atoms with van der Waals surface area (Å²) in [5.41, 5.74) is 1.60. The van der Waals surface area contributed by atoms with Crippen LogP contribution in [0, 0.1) is 17.2 Å². The maximum Gasteiger partial charge on any atom is 0.136 e. The second-order valence-corrected chi connectivity index (χ2v) is 4.48. The molecule has 0 spiro atoms. The van der Waals surface area contributed by atoms with Crippen LogP contribution in [0.1, 0.15) is 25.0 Å². The van der Waals surface area contributed by atoms with Crippen molar-refractivity contribution in [2.45, 2.75) is 26.4 Å². The van der Waals surface area contributed by atoms with Crippen LogP contribution in [0.4, 0.5) is 0 Å². The van der Waals surface area contributed by atoms with Crippen LogP contribution in [0.3, 0.4) is 0 Å². The van der Waals surface area contributed by atoms with Gasteiger partial charge in [-0.15, -0.1) is 0 Å². The average molecular weight is 248 g/mol. The lowest BCUT2D eigenvalue weighted by atomic mass is 10.0. The number of aliphatic hydroxyl groups excluding tert-OH is 1. The lowest BCUT2D eigenvalue weighted by Crippen LogP contribution is -2.33.